The van der Waals surface area contributed by atoms with Crippen molar-refractivity contribution in [1.82, 2.24) is 0 Å². The average molecular weight is 542 g/mol. The van der Waals surface area contributed by atoms with Crippen LogP contribution in [-0.4, -0.2) is 5.91 Å². The van der Waals surface area contributed by atoms with Crippen molar-refractivity contribution in [2.24, 2.45) is 0 Å². The van der Waals surface area contributed by atoms with Gasteiger partial charge in [-0.3, -0.25) is 4.79 Å². The van der Waals surface area contributed by atoms with E-state index in [0.29, 0.717) is 6.42 Å². The summed E-state index contributed by atoms with van der Waals surface area (Å²) < 4.78 is 0. The van der Waals surface area contributed by atoms with Gasteiger partial charge in [-0.15, -0.1) is 0 Å². The fraction of sp³-hybridized carbons (Fsp3) is 0.811. The van der Waals surface area contributed by atoms with Gasteiger partial charge in [0.1, 0.15) is 0 Å². The third-order valence-electron chi connectivity index (χ3n) is 8.31. The van der Waals surface area contributed by atoms with Crippen molar-refractivity contribution in [1.29, 1.82) is 0 Å². The summed E-state index contributed by atoms with van der Waals surface area (Å²) in [5, 5.41) is 2.97. The van der Waals surface area contributed by atoms with Crippen LogP contribution in [0.1, 0.15) is 193 Å². The largest absolute Gasteiger partial charge is 0.326 e. The third-order valence-corrected chi connectivity index (χ3v) is 8.31. The van der Waals surface area contributed by atoms with E-state index >= 15 is 0 Å². The maximum absolute atomic E-state index is 11.9. The lowest BCUT2D eigenvalue weighted by Gasteiger charge is -2.05. The Kier molecular flexibility index (Phi) is 27.2. The molecule has 0 radical (unpaired) electrons. The molecule has 1 amide bonds. The lowest BCUT2D eigenvalue weighted by molar-refractivity contribution is -0.116. The van der Waals surface area contributed by atoms with Crippen molar-refractivity contribution < 1.29 is 4.79 Å². The van der Waals surface area contributed by atoms with E-state index in [4.69, 9.17) is 0 Å². The molecule has 1 N–H and O–H groups in total. The molecule has 0 aromatic heterocycles. The molecule has 0 spiro atoms. The summed E-state index contributed by atoms with van der Waals surface area (Å²) in [5.74, 6) is 0.149. The Morgan fingerprint density at radius 2 is 0.718 bits per heavy atom. The van der Waals surface area contributed by atoms with Gasteiger partial charge in [0.05, 0.1) is 0 Å². The van der Waals surface area contributed by atoms with Gasteiger partial charge < -0.3 is 5.32 Å². The van der Waals surface area contributed by atoms with Gasteiger partial charge in [0.25, 0.3) is 0 Å². The van der Waals surface area contributed by atoms with Crippen LogP contribution in [0.4, 0.5) is 5.69 Å². The van der Waals surface area contributed by atoms with Gasteiger partial charge in [-0.2, -0.15) is 0 Å². The number of carbonyl (C=O) groups is 1. The molecule has 0 aliphatic carbocycles. The molecule has 0 aliphatic rings. The SMILES string of the molecule is CCCCCCCCCCCCCCCCCCCCCCCCCCCCCCC(=O)Nc1ccccc1. The van der Waals surface area contributed by atoms with Crippen LogP contribution in [-0.2, 0) is 4.79 Å². The Labute approximate surface area is 244 Å². The number of amides is 1. The first-order valence-corrected chi connectivity index (χ1v) is 17.7. The average Bonchev–Trinajstić information content (AvgIpc) is 2.95. The molecule has 39 heavy (non-hydrogen) atoms. The monoisotopic (exact) mass is 542 g/mol. The van der Waals surface area contributed by atoms with Crippen LogP contribution in [0, 0.1) is 0 Å². The zero-order valence-electron chi connectivity index (χ0n) is 26.3. The Hall–Kier alpha value is -1.31. The number of benzene rings is 1. The van der Waals surface area contributed by atoms with Crippen LogP contribution < -0.4 is 5.32 Å². The molecule has 1 rings (SSSR count). The molecular weight excluding hydrogens is 474 g/mol. The maximum atomic E-state index is 11.9. The lowest BCUT2D eigenvalue weighted by Crippen LogP contribution is -2.10. The van der Waals surface area contributed by atoms with Gasteiger partial charge in [0.15, 0.2) is 0 Å². The first-order valence-electron chi connectivity index (χ1n) is 17.7. The molecule has 0 heterocycles. The molecule has 226 valence electrons. The van der Waals surface area contributed by atoms with Crippen molar-refractivity contribution in [2.75, 3.05) is 5.32 Å². The number of para-hydroxylation sites is 1. The number of rotatable bonds is 30. The van der Waals surface area contributed by atoms with E-state index in [0.717, 1.165) is 12.1 Å². The molecular formula is C37H67NO. The number of anilines is 1. The summed E-state index contributed by atoms with van der Waals surface area (Å²) in [4.78, 5) is 11.9. The van der Waals surface area contributed by atoms with Gasteiger partial charge in [0.2, 0.25) is 5.91 Å². The van der Waals surface area contributed by atoms with E-state index in [-0.39, 0.29) is 5.91 Å². The number of hydrogen-bond donors (Lipinski definition) is 1. The minimum absolute atomic E-state index is 0.149. The van der Waals surface area contributed by atoms with Gasteiger partial charge >= 0.3 is 0 Å². The molecule has 0 bridgehead atoms. The van der Waals surface area contributed by atoms with Crippen molar-refractivity contribution in [3.63, 3.8) is 0 Å². The summed E-state index contributed by atoms with van der Waals surface area (Å²) in [7, 11) is 0. The summed E-state index contributed by atoms with van der Waals surface area (Å²) >= 11 is 0. The Balaban J connectivity index is 1.66. The van der Waals surface area contributed by atoms with Crippen molar-refractivity contribution in [3.8, 4) is 0 Å². The number of carbonyl (C=O) groups excluding carboxylic acids is 1. The van der Waals surface area contributed by atoms with Crippen molar-refractivity contribution >= 4 is 11.6 Å². The third kappa shape index (κ3) is 26.7. The topological polar surface area (TPSA) is 29.1 Å². The van der Waals surface area contributed by atoms with E-state index < -0.39 is 0 Å². The van der Waals surface area contributed by atoms with E-state index in [1.807, 2.05) is 30.3 Å². The molecule has 0 unspecified atom stereocenters. The van der Waals surface area contributed by atoms with Gasteiger partial charge in [-0.25, -0.2) is 0 Å². The summed E-state index contributed by atoms with van der Waals surface area (Å²) in [6, 6.07) is 9.77. The summed E-state index contributed by atoms with van der Waals surface area (Å²) in [5.41, 5.74) is 0.905. The highest BCUT2D eigenvalue weighted by atomic mass is 16.1. The molecule has 0 aliphatic heterocycles. The normalized spacial score (nSPS) is 11.2. The minimum atomic E-state index is 0.149. The van der Waals surface area contributed by atoms with Gasteiger partial charge in [-0.05, 0) is 18.6 Å². The molecule has 2 nitrogen and oxygen atoms in total. The van der Waals surface area contributed by atoms with Crippen LogP contribution in [0.15, 0.2) is 30.3 Å². The van der Waals surface area contributed by atoms with Gasteiger partial charge in [0, 0.05) is 12.1 Å². The van der Waals surface area contributed by atoms with E-state index in [1.54, 1.807) is 0 Å². The van der Waals surface area contributed by atoms with Crippen molar-refractivity contribution in [3.05, 3.63) is 30.3 Å². The standard InChI is InChI=1S/C37H67NO/c1-2-3-4-5-6-7-8-9-10-11-12-13-14-15-16-17-18-19-20-21-22-23-24-25-26-27-28-32-35-37(39)38-36-33-30-29-31-34-36/h29-31,33-34H,2-28,32,35H2,1H3,(H,38,39). The molecule has 0 saturated carbocycles. The second kappa shape index (κ2) is 29.7. The molecule has 0 fully saturated rings. The number of hydrogen-bond acceptors (Lipinski definition) is 1. The second-order valence-corrected chi connectivity index (χ2v) is 12.2. The predicted octanol–water partition coefficient (Wildman–Crippen LogP) is 13.0. The van der Waals surface area contributed by atoms with Crippen LogP contribution >= 0.6 is 0 Å². The molecule has 2 heteroatoms. The first-order chi connectivity index (χ1) is 19.3. The van der Waals surface area contributed by atoms with Gasteiger partial charge in [-0.1, -0.05) is 198 Å². The lowest BCUT2D eigenvalue weighted by atomic mass is 10.0. The van der Waals surface area contributed by atoms with Crippen LogP contribution in [0.5, 0.6) is 0 Å². The Morgan fingerprint density at radius 1 is 0.436 bits per heavy atom. The highest BCUT2D eigenvalue weighted by Crippen LogP contribution is 2.16. The fourth-order valence-corrected chi connectivity index (χ4v) is 5.70. The fourth-order valence-electron chi connectivity index (χ4n) is 5.70. The zero-order valence-corrected chi connectivity index (χ0v) is 26.3. The zero-order chi connectivity index (χ0) is 27.9. The predicted molar refractivity (Wildman–Crippen MR) is 175 cm³/mol. The molecule has 1 aromatic carbocycles. The van der Waals surface area contributed by atoms with E-state index in [1.165, 1.54) is 173 Å². The maximum Gasteiger partial charge on any atom is 0.224 e. The summed E-state index contributed by atoms with van der Waals surface area (Å²) in [6.07, 6.45) is 40.3. The summed E-state index contributed by atoms with van der Waals surface area (Å²) in [6.45, 7) is 2.30. The Bertz CT molecular complexity index is 613. The highest BCUT2D eigenvalue weighted by molar-refractivity contribution is 5.90. The van der Waals surface area contributed by atoms with E-state index in [2.05, 4.69) is 12.2 Å². The Morgan fingerprint density at radius 3 is 1.03 bits per heavy atom. The van der Waals surface area contributed by atoms with Crippen molar-refractivity contribution in [2.45, 2.75) is 193 Å². The van der Waals surface area contributed by atoms with Crippen LogP contribution in [0.3, 0.4) is 0 Å². The smallest absolute Gasteiger partial charge is 0.224 e. The van der Waals surface area contributed by atoms with Crippen LogP contribution in [0.2, 0.25) is 0 Å². The first kappa shape index (κ1) is 35.7. The van der Waals surface area contributed by atoms with Crippen LogP contribution in [0.25, 0.3) is 0 Å². The molecule has 0 saturated heterocycles. The quantitative estimate of drug-likeness (QED) is 0.0964. The number of unbranched alkanes of at least 4 members (excludes halogenated alkanes) is 27. The second-order valence-electron chi connectivity index (χ2n) is 12.2. The van der Waals surface area contributed by atoms with E-state index in [9.17, 15) is 4.79 Å². The minimum Gasteiger partial charge on any atom is -0.326 e. The molecule has 1 aromatic rings. The molecule has 0 atom stereocenters. The highest BCUT2D eigenvalue weighted by Gasteiger charge is 2.02. The number of nitrogens with one attached hydrogen (secondary N) is 1.